The Hall–Kier alpha value is -3.13. The fraction of sp³-hybridized carbons (Fsp3) is 0.533. The van der Waals surface area contributed by atoms with Crippen LogP contribution in [0.4, 0.5) is 30.7 Å². The maximum absolute atomic E-state index is 13.6. The highest BCUT2D eigenvalue weighted by molar-refractivity contribution is 5.84. The van der Waals surface area contributed by atoms with Gasteiger partial charge in [-0.15, -0.1) is 0 Å². The van der Waals surface area contributed by atoms with Crippen molar-refractivity contribution in [3.63, 3.8) is 0 Å². The van der Waals surface area contributed by atoms with Gasteiger partial charge in [0.15, 0.2) is 0 Å². The minimum atomic E-state index is -4.97. The van der Waals surface area contributed by atoms with Crippen LogP contribution in [-0.2, 0) is 23.7 Å². The Morgan fingerprint density at radius 3 is 2.12 bits per heavy atom. The molecule has 0 bridgehead atoms. The zero-order valence-corrected chi connectivity index (χ0v) is 22.2. The summed E-state index contributed by atoms with van der Waals surface area (Å²) in [6.45, 7) is 1.10. The first-order valence-electron chi connectivity index (χ1n) is 13.8. The first-order valence-corrected chi connectivity index (χ1v) is 13.8. The number of carbonyl (C=O) groups excluding carboxylic acids is 1. The summed E-state index contributed by atoms with van der Waals surface area (Å²) in [7, 11) is 0. The zero-order chi connectivity index (χ0) is 29.6. The van der Waals surface area contributed by atoms with Gasteiger partial charge in [0.25, 0.3) is 0 Å². The molecule has 41 heavy (non-hydrogen) atoms. The third-order valence-corrected chi connectivity index (χ3v) is 9.13. The molecule has 1 N–H and O–H groups in total. The van der Waals surface area contributed by atoms with E-state index in [2.05, 4.69) is 16.3 Å². The van der Waals surface area contributed by atoms with E-state index in [1.807, 2.05) is 0 Å². The molecule has 1 heterocycles. The first-order chi connectivity index (χ1) is 19.3. The lowest BCUT2D eigenvalue weighted by Gasteiger charge is -2.37. The van der Waals surface area contributed by atoms with Crippen LogP contribution in [0.2, 0.25) is 0 Å². The molecular weight excluding hydrogens is 551 g/mol. The summed E-state index contributed by atoms with van der Waals surface area (Å²) in [6.07, 6.45) is -5.95. The molecule has 0 radical (unpaired) electrons. The Morgan fingerprint density at radius 2 is 1.59 bits per heavy atom. The van der Waals surface area contributed by atoms with Crippen molar-refractivity contribution in [2.24, 2.45) is 17.3 Å². The molecule has 2 aromatic rings. The van der Waals surface area contributed by atoms with Gasteiger partial charge < -0.3 is 10.2 Å². The van der Waals surface area contributed by atoms with Gasteiger partial charge in [0.2, 0.25) is 5.91 Å². The Balaban J connectivity index is 1.28. The van der Waals surface area contributed by atoms with Gasteiger partial charge in [0, 0.05) is 12.6 Å². The van der Waals surface area contributed by atoms with Gasteiger partial charge in [-0.3, -0.25) is 4.79 Å². The van der Waals surface area contributed by atoms with Gasteiger partial charge in [-0.25, -0.2) is 4.39 Å². The van der Waals surface area contributed by atoms with Crippen molar-refractivity contribution in [2.45, 2.75) is 69.4 Å². The summed E-state index contributed by atoms with van der Waals surface area (Å²) in [5, 5.41) is 12.1. The van der Waals surface area contributed by atoms with Crippen LogP contribution >= 0.6 is 0 Å². The molecule has 0 spiro atoms. The normalized spacial score (nSPS) is 27.4. The van der Waals surface area contributed by atoms with E-state index in [4.69, 9.17) is 0 Å². The van der Waals surface area contributed by atoms with E-state index in [-0.39, 0.29) is 35.3 Å². The number of nitrogens with one attached hydrogen (secondary N) is 1. The minimum Gasteiger partial charge on any atom is -0.352 e. The molecule has 2 saturated carbocycles. The van der Waals surface area contributed by atoms with E-state index < -0.39 is 41.3 Å². The lowest BCUT2D eigenvalue weighted by atomic mass is 9.78. The van der Waals surface area contributed by atoms with Gasteiger partial charge in [-0.2, -0.15) is 31.6 Å². The van der Waals surface area contributed by atoms with Crippen LogP contribution in [0, 0.1) is 34.4 Å². The smallest absolute Gasteiger partial charge is 0.352 e. The number of carbonyl (C=O) groups is 1. The fourth-order valence-corrected chi connectivity index (χ4v) is 6.83. The third-order valence-electron chi connectivity index (χ3n) is 9.13. The largest absolute Gasteiger partial charge is 0.416 e. The van der Waals surface area contributed by atoms with Crippen molar-refractivity contribution in [1.82, 2.24) is 10.2 Å². The standard InChI is InChI=1S/C30H30F7N3O/c31-24-3-1-19(2-4-24)20-6-9-40(10-7-20)25-5-8-28(15-25,26-13-21(26)16-38)27(41)39-17-18-11-22(29(32,33)34)14-23(12-18)30(35,36)37/h1-4,11-12,14,20-21,25-26H,5-10,13,15,17H2,(H,39,41). The molecule has 0 aromatic heterocycles. The number of nitrogens with zero attached hydrogens (tertiary/aromatic N) is 2. The number of halogens is 7. The number of likely N-dealkylation sites (tertiary alicyclic amines) is 1. The number of hydrogen-bond acceptors (Lipinski definition) is 3. The molecule has 11 heteroatoms. The Kier molecular flexibility index (Phi) is 7.83. The van der Waals surface area contributed by atoms with E-state index in [0.717, 1.165) is 31.5 Å². The van der Waals surface area contributed by atoms with Crippen molar-refractivity contribution >= 4 is 5.91 Å². The van der Waals surface area contributed by atoms with Crippen LogP contribution in [0.1, 0.15) is 66.7 Å². The first kappa shape index (κ1) is 29.4. The van der Waals surface area contributed by atoms with E-state index in [1.165, 1.54) is 12.1 Å². The zero-order valence-electron chi connectivity index (χ0n) is 22.2. The van der Waals surface area contributed by atoms with Crippen molar-refractivity contribution in [3.8, 4) is 6.07 Å². The van der Waals surface area contributed by atoms with Gasteiger partial charge in [-0.05, 0) is 105 Å². The molecule has 5 rings (SSSR count). The summed E-state index contributed by atoms with van der Waals surface area (Å²) < 4.78 is 93.0. The molecule has 3 fully saturated rings. The van der Waals surface area contributed by atoms with Crippen molar-refractivity contribution in [2.75, 3.05) is 13.1 Å². The van der Waals surface area contributed by atoms with Gasteiger partial charge in [0.1, 0.15) is 5.82 Å². The molecule has 1 saturated heterocycles. The molecule has 4 nitrogen and oxygen atoms in total. The molecule has 220 valence electrons. The van der Waals surface area contributed by atoms with Crippen molar-refractivity contribution in [1.29, 1.82) is 5.26 Å². The van der Waals surface area contributed by atoms with Crippen LogP contribution in [-0.4, -0.2) is 29.9 Å². The van der Waals surface area contributed by atoms with E-state index in [9.17, 15) is 40.8 Å². The monoisotopic (exact) mass is 581 g/mol. The molecule has 4 atom stereocenters. The second-order valence-electron chi connectivity index (χ2n) is 11.6. The fourth-order valence-electron chi connectivity index (χ4n) is 6.83. The predicted octanol–water partition coefficient (Wildman–Crippen LogP) is 7.06. The molecule has 3 aliphatic rings. The highest BCUT2D eigenvalue weighted by atomic mass is 19.4. The summed E-state index contributed by atoms with van der Waals surface area (Å²) in [4.78, 5) is 16.0. The highest BCUT2D eigenvalue weighted by Crippen LogP contribution is 2.59. The quantitative estimate of drug-likeness (QED) is 0.372. The van der Waals surface area contributed by atoms with E-state index >= 15 is 0 Å². The van der Waals surface area contributed by atoms with E-state index in [0.29, 0.717) is 43.7 Å². The molecule has 1 amide bonds. The Morgan fingerprint density at radius 1 is 0.976 bits per heavy atom. The number of alkyl halides is 6. The van der Waals surface area contributed by atoms with Crippen molar-refractivity contribution < 1.29 is 35.5 Å². The van der Waals surface area contributed by atoms with Gasteiger partial charge >= 0.3 is 12.4 Å². The maximum Gasteiger partial charge on any atom is 0.416 e. The third kappa shape index (κ3) is 6.22. The number of hydrogen-bond donors (Lipinski definition) is 1. The van der Waals surface area contributed by atoms with E-state index in [1.54, 1.807) is 12.1 Å². The minimum absolute atomic E-state index is 0.0648. The van der Waals surface area contributed by atoms with Crippen LogP contribution in [0.25, 0.3) is 0 Å². The molecule has 2 aromatic carbocycles. The average molecular weight is 582 g/mol. The maximum atomic E-state index is 13.6. The molecular formula is C30H30F7N3O. The topological polar surface area (TPSA) is 56.1 Å². The number of benzene rings is 2. The molecule has 1 aliphatic heterocycles. The van der Waals surface area contributed by atoms with Crippen LogP contribution in [0.3, 0.4) is 0 Å². The summed E-state index contributed by atoms with van der Waals surface area (Å²) >= 11 is 0. The Bertz CT molecular complexity index is 1280. The van der Waals surface area contributed by atoms with Crippen LogP contribution in [0.5, 0.6) is 0 Å². The second-order valence-corrected chi connectivity index (χ2v) is 11.6. The second kappa shape index (κ2) is 10.9. The number of piperidine rings is 1. The number of nitriles is 1. The number of amides is 1. The number of rotatable bonds is 6. The van der Waals surface area contributed by atoms with Crippen LogP contribution in [0.15, 0.2) is 42.5 Å². The lowest BCUT2D eigenvalue weighted by Crippen LogP contribution is -2.44. The summed E-state index contributed by atoms with van der Waals surface area (Å²) in [6, 6.07) is 10.1. The SMILES string of the molecule is N#CC1CC1C1(C(=O)NCc2cc(C(F)(F)F)cc(C(F)(F)F)c2)CCC(N2CCC(c3ccc(F)cc3)CC2)C1. The average Bonchev–Trinajstić information content (AvgIpc) is 3.60. The summed E-state index contributed by atoms with van der Waals surface area (Å²) in [5.74, 6) is -0.886. The highest BCUT2D eigenvalue weighted by Gasteiger charge is 2.60. The Labute approximate surface area is 233 Å². The molecule has 2 aliphatic carbocycles. The van der Waals surface area contributed by atoms with Gasteiger partial charge in [0.05, 0.1) is 28.5 Å². The van der Waals surface area contributed by atoms with Crippen LogP contribution < -0.4 is 5.32 Å². The lowest BCUT2D eigenvalue weighted by molar-refractivity contribution is -0.143. The van der Waals surface area contributed by atoms with Gasteiger partial charge in [-0.1, -0.05) is 12.1 Å². The summed E-state index contributed by atoms with van der Waals surface area (Å²) in [5.41, 5.74) is -2.95. The predicted molar refractivity (Wildman–Crippen MR) is 136 cm³/mol. The molecule has 4 unspecified atom stereocenters. The van der Waals surface area contributed by atoms with Crippen molar-refractivity contribution in [3.05, 3.63) is 70.5 Å².